The average molecular weight is 301 g/mol. The van der Waals surface area contributed by atoms with Crippen LogP contribution in [-0.4, -0.2) is 18.2 Å². The van der Waals surface area contributed by atoms with Crippen molar-refractivity contribution in [3.63, 3.8) is 0 Å². The second kappa shape index (κ2) is 4.75. The third kappa shape index (κ3) is 2.66. The smallest absolute Gasteiger partial charge is 0.267 e. The lowest BCUT2D eigenvalue weighted by Crippen LogP contribution is -2.15. The van der Waals surface area contributed by atoms with Crippen LogP contribution in [0.15, 0.2) is 29.2 Å². The molecule has 2 rings (SSSR count). The van der Waals surface area contributed by atoms with Gasteiger partial charge in [0.2, 0.25) is 0 Å². The van der Waals surface area contributed by atoms with Gasteiger partial charge in [-0.05, 0) is 25.1 Å². The zero-order valence-corrected chi connectivity index (χ0v) is 12.0. The number of aromatic nitrogens is 2. The van der Waals surface area contributed by atoms with E-state index in [2.05, 4.69) is 9.82 Å². The van der Waals surface area contributed by atoms with E-state index < -0.39 is 10.0 Å². The fraction of sp³-hybridized carbons (Fsp3) is 0.182. The summed E-state index contributed by atoms with van der Waals surface area (Å²) in [6.07, 6.45) is 0. The number of rotatable bonds is 3. The van der Waals surface area contributed by atoms with Crippen molar-refractivity contribution in [2.24, 2.45) is 7.05 Å². The van der Waals surface area contributed by atoms with Crippen molar-refractivity contribution >= 4 is 33.1 Å². The number of nitrogens with two attached hydrogens (primary N) is 1. The third-order valence-electron chi connectivity index (χ3n) is 2.65. The van der Waals surface area contributed by atoms with E-state index in [1.54, 1.807) is 32.2 Å². The molecule has 2 aromatic rings. The molecule has 0 aliphatic carbocycles. The topological polar surface area (TPSA) is 90.0 Å². The summed E-state index contributed by atoms with van der Waals surface area (Å²) >= 11 is 5.81. The molecule has 0 aliphatic heterocycles. The van der Waals surface area contributed by atoms with Crippen LogP contribution in [-0.2, 0) is 17.1 Å². The quantitative estimate of drug-likeness (QED) is 0.904. The highest BCUT2D eigenvalue weighted by Gasteiger charge is 2.24. The summed E-state index contributed by atoms with van der Waals surface area (Å²) in [6, 6.07) is 6.43. The van der Waals surface area contributed by atoms with E-state index in [-0.39, 0.29) is 10.7 Å². The highest BCUT2D eigenvalue weighted by molar-refractivity contribution is 7.93. The number of benzene rings is 1. The predicted octanol–water partition coefficient (Wildman–Crippen LogP) is 1.76. The molecule has 8 heteroatoms. The van der Waals surface area contributed by atoms with Crippen molar-refractivity contribution in [1.29, 1.82) is 0 Å². The Morgan fingerprint density at radius 1 is 1.42 bits per heavy atom. The number of sulfonamides is 1. The van der Waals surface area contributed by atoms with Crippen LogP contribution in [0.3, 0.4) is 0 Å². The van der Waals surface area contributed by atoms with Crippen LogP contribution in [0.4, 0.5) is 11.5 Å². The lowest BCUT2D eigenvalue weighted by Gasteiger charge is -2.08. The molecule has 1 aromatic carbocycles. The number of halogens is 1. The molecule has 0 amide bonds. The van der Waals surface area contributed by atoms with Gasteiger partial charge in [0.25, 0.3) is 10.0 Å². The molecular formula is C11H13ClN4O2S. The Labute approximate surface area is 116 Å². The number of nitrogen functional groups attached to an aromatic ring is 1. The molecular weight excluding hydrogens is 288 g/mol. The number of anilines is 2. The number of hydrogen-bond donors (Lipinski definition) is 2. The maximum Gasteiger partial charge on any atom is 0.267 e. The number of nitrogens with one attached hydrogen (secondary N) is 1. The molecule has 0 unspecified atom stereocenters. The molecule has 0 spiro atoms. The van der Waals surface area contributed by atoms with Gasteiger partial charge in [-0.2, -0.15) is 5.10 Å². The van der Waals surface area contributed by atoms with Crippen LogP contribution in [0.2, 0.25) is 5.02 Å². The molecule has 0 saturated carbocycles. The first-order valence-corrected chi connectivity index (χ1v) is 7.25. The molecule has 1 heterocycles. The number of nitrogens with zero attached hydrogens (tertiary/aromatic N) is 2. The molecule has 102 valence electrons. The Kier molecular flexibility index (Phi) is 3.42. The van der Waals surface area contributed by atoms with Gasteiger partial charge in [0.05, 0.1) is 11.4 Å². The Morgan fingerprint density at radius 2 is 2.11 bits per heavy atom. The van der Waals surface area contributed by atoms with E-state index in [0.29, 0.717) is 16.4 Å². The molecule has 19 heavy (non-hydrogen) atoms. The third-order valence-corrected chi connectivity index (χ3v) is 4.43. The zero-order valence-electron chi connectivity index (χ0n) is 10.4. The summed E-state index contributed by atoms with van der Waals surface area (Å²) in [4.78, 5) is -0.0185. The highest BCUT2D eigenvalue weighted by atomic mass is 35.5. The molecule has 6 nitrogen and oxygen atoms in total. The van der Waals surface area contributed by atoms with Gasteiger partial charge in [0.1, 0.15) is 0 Å². The lowest BCUT2D eigenvalue weighted by molar-refractivity contribution is 0.600. The Balaban J connectivity index is 2.44. The van der Waals surface area contributed by atoms with Crippen molar-refractivity contribution < 1.29 is 8.42 Å². The Bertz CT molecular complexity index is 724. The molecule has 0 bridgehead atoms. The van der Waals surface area contributed by atoms with E-state index in [9.17, 15) is 8.42 Å². The van der Waals surface area contributed by atoms with Gasteiger partial charge >= 0.3 is 0 Å². The molecule has 0 fully saturated rings. The highest BCUT2D eigenvalue weighted by Crippen LogP contribution is 2.25. The first-order chi connectivity index (χ1) is 8.81. The molecule has 0 saturated heterocycles. The van der Waals surface area contributed by atoms with E-state index in [0.717, 1.165) is 0 Å². The molecule has 3 N–H and O–H groups in total. The molecule has 0 radical (unpaired) electrons. The van der Waals surface area contributed by atoms with Crippen LogP contribution < -0.4 is 10.5 Å². The van der Waals surface area contributed by atoms with Crippen LogP contribution in [0, 0.1) is 6.92 Å². The monoisotopic (exact) mass is 300 g/mol. The second-order valence-electron chi connectivity index (χ2n) is 4.04. The minimum Gasteiger partial charge on any atom is -0.381 e. The van der Waals surface area contributed by atoms with Gasteiger partial charge in [0.15, 0.2) is 10.7 Å². The average Bonchev–Trinajstić information content (AvgIpc) is 2.52. The van der Waals surface area contributed by atoms with E-state index in [1.165, 1.54) is 10.7 Å². The van der Waals surface area contributed by atoms with Gasteiger partial charge in [-0.25, -0.2) is 8.42 Å². The lowest BCUT2D eigenvalue weighted by atomic mass is 10.3. The van der Waals surface area contributed by atoms with Crippen molar-refractivity contribution in [3.8, 4) is 0 Å². The summed E-state index contributed by atoms with van der Waals surface area (Å²) in [5.41, 5.74) is 6.47. The fourth-order valence-corrected chi connectivity index (χ4v) is 3.27. The Morgan fingerprint density at radius 3 is 2.63 bits per heavy atom. The van der Waals surface area contributed by atoms with Crippen molar-refractivity contribution in [2.45, 2.75) is 11.8 Å². The standard InChI is InChI=1S/C11H13ClN4O2S/c1-7-10(11(13)14-16(7)2)19(17,18)15-9-5-3-4-8(12)6-9/h3-6,15H,1-2H3,(H2,13,14). The van der Waals surface area contributed by atoms with Crippen molar-refractivity contribution in [2.75, 3.05) is 10.5 Å². The molecule has 0 aliphatic rings. The zero-order chi connectivity index (χ0) is 14.2. The van der Waals surface area contributed by atoms with Gasteiger partial charge in [0, 0.05) is 12.1 Å². The summed E-state index contributed by atoms with van der Waals surface area (Å²) < 4.78 is 28.4. The number of aryl methyl sites for hydroxylation is 1. The SMILES string of the molecule is Cc1c(S(=O)(=O)Nc2cccc(Cl)c2)c(N)nn1C. The van der Waals surface area contributed by atoms with Gasteiger partial charge in [-0.15, -0.1) is 0 Å². The minimum atomic E-state index is -3.79. The summed E-state index contributed by atoms with van der Waals surface area (Å²) in [7, 11) is -2.16. The predicted molar refractivity (Wildman–Crippen MR) is 74.6 cm³/mol. The molecule has 0 atom stereocenters. The van der Waals surface area contributed by atoms with Crippen LogP contribution in [0.1, 0.15) is 5.69 Å². The van der Waals surface area contributed by atoms with Crippen LogP contribution in [0.25, 0.3) is 0 Å². The van der Waals surface area contributed by atoms with Crippen molar-refractivity contribution in [1.82, 2.24) is 9.78 Å². The van der Waals surface area contributed by atoms with Gasteiger partial charge < -0.3 is 5.73 Å². The summed E-state index contributed by atoms with van der Waals surface area (Å²) in [5, 5.41) is 4.33. The summed E-state index contributed by atoms with van der Waals surface area (Å²) in [5.74, 6) is -0.0328. The first kappa shape index (κ1) is 13.7. The Hall–Kier alpha value is -1.73. The van der Waals surface area contributed by atoms with Gasteiger partial charge in [-0.1, -0.05) is 17.7 Å². The first-order valence-electron chi connectivity index (χ1n) is 5.39. The second-order valence-corrected chi connectivity index (χ2v) is 6.09. The fourth-order valence-electron chi connectivity index (χ4n) is 1.70. The number of hydrogen-bond acceptors (Lipinski definition) is 4. The molecule has 1 aromatic heterocycles. The van der Waals surface area contributed by atoms with E-state index >= 15 is 0 Å². The van der Waals surface area contributed by atoms with Crippen LogP contribution >= 0.6 is 11.6 Å². The van der Waals surface area contributed by atoms with E-state index in [1.807, 2.05) is 0 Å². The maximum absolute atomic E-state index is 12.3. The maximum atomic E-state index is 12.3. The van der Waals surface area contributed by atoms with E-state index in [4.69, 9.17) is 17.3 Å². The normalized spacial score (nSPS) is 11.5. The summed E-state index contributed by atoms with van der Waals surface area (Å²) in [6.45, 7) is 1.63. The largest absolute Gasteiger partial charge is 0.381 e. The van der Waals surface area contributed by atoms with Gasteiger partial charge in [-0.3, -0.25) is 9.40 Å². The van der Waals surface area contributed by atoms with Crippen LogP contribution in [0.5, 0.6) is 0 Å². The van der Waals surface area contributed by atoms with Crippen molar-refractivity contribution in [3.05, 3.63) is 35.0 Å². The minimum absolute atomic E-state index is 0.0185.